The standard InChI is InChI=1S/C8H7N3/c9-6-7-1-3-11-4-2-10-8(11)5-7/h1-5,8,10H. The van der Waals surface area contributed by atoms with Crippen molar-refractivity contribution in [2.45, 2.75) is 6.17 Å². The van der Waals surface area contributed by atoms with Crippen LogP contribution in [0.3, 0.4) is 0 Å². The highest BCUT2D eigenvalue weighted by Crippen LogP contribution is 2.14. The molecule has 0 spiro atoms. The maximum atomic E-state index is 8.57. The number of fused-ring (bicyclic) bond motifs is 1. The van der Waals surface area contributed by atoms with Gasteiger partial charge in [0.25, 0.3) is 0 Å². The third-order valence-corrected chi connectivity index (χ3v) is 1.73. The van der Waals surface area contributed by atoms with Gasteiger partial charge < -0.3 is 10.2 Å². The summed E-state index contributed by atoms with van der Waals surface area (Å²) in [4.78, 5) is 2.00. The molecule has 0 saturated carbocycles. The van der Waals surface area contributed by atoms with Crippen LogP contribution in [-0.4, -0.2) is 11.1 Å². The van der Waals surface area contributed by atoms with Crippen molar-refractivity contribution >= 4 is 0 Å². The van der Waals surface area contributed by atoms with Gasteiger partial charge in [-0.2, -0.15) is 5.26 Å². The molecule has 0 radical (unpaired) electrons. The summed E-state index contributed by atoms with van der Waals surface area (Å²) in [5, 5.41) is 11.7. The van der Waals surface area contributed by atoms with Crippen molar-refractivity contribution in [3.05, 3.63) is 36.3 Å². The van der Waals surface area contributed by atoms with E-state index < -0.39 is 0 Å². The Labute approximate surface area is 64.9 Å². The van der Waals surface area contributed by atoms with Gasteiger partial charge in [-0.25, -0.2) is 0 Å². The molecular formula is C8H7N3. The minimum absolute atomic E-state index is 0.148. The second kappa shape index (κ2) is 2.17. The lowest BCUT2D eigenvalue weighted by Gasteiger charge is -2.21. The highest BCUT2D eigenvalue weighted by molar-refractivity contribution is 5.37. The lowest BCUT2D eigenvalue weighted by molar-refractivity contribution is 0.425. The predicted octanol–water partition coefficient (Wildman–Crippen LogP) is 0.666. The second-order valence-electron chi connectivity index (χ2n) is 2.42. The Balaban J connectivity index is 2.26. The van der Waals surface area contributed by atoms with E-state index in [0.29, 0.717) is 5.57 Å². The van der Waals surface area contributed by atoms with E-state index in [1.54, 1.807) is 6.08 Å². The summed E-state index contributed by atoms with van der Waals surface area (Å²) < 4.78 is 0. The normalized spacial score (nSPS) is 25.5. The summed E-state index contributed by atoms with van der Waals surface area (Å²) in [7, 11) is 0. The molecule has 11 heavy (non-hydrogen) atoms. The van der Waals surface area contributed by atoms with Crippen molar-refractivity contribution in [3.8, 4) is 6.07 Å². The number of hydrogen-bond donors (Lipinski definition) is 1. The molecule has 0 aromatic carbocycles. The molecule has 0 aromatic heterocycles. The number of nitrogens with zero attached hydrogens (tertiary/aromatic N) is 2. The van der Waals surface area contributed by atoms with Crippen molar-refractivity contribution in [2.24, 2.45) is 0 Å². The van der Waals surface area contributed by atoms with Crippen LogP contribution in [0, 0.1) is 11.3 Å². The van der Waals surface area contributed by atoms with E-state index in [0.717, 1.165) is 0 Å². The molecule has 0 aromatic rings. The molecule has 0 bridgehead atoms. The maximum Gasteiger partial charge on any atom is 0.123 e. The van der Waals surface area contributed by atoms with E-state index in [9.17, 15) is 0 Å². The molecule has 1 N–H and O–H groups in total. The minimum Gasteiger partial charge on any atom is -0.366 e. The van der Waals surface area contributed by atoms with E-state index >= 15 is 0 Å². The average molecular weight is 145 g/mol. The van der Waals surface area contributed by atoms with Crippen LogP contribution in [0.1, 0.15) is 0 Å². The van der Waals surface area contributed by atoms with Crippen LogP contribution in [0.25, 0.3) is 0 Å². The van der Waals surface area contributed by atoms with E-state index in [1.165, 1.54) is 0 Å². The van der Waals surface area contributed by atoms with Gasteiger partial charge in [0, 0.05) is 18.6 Å². The zero-order valence-corrected chi connectivity index (χ0v) is 5.86. The first kappa shape index (κ1) is 6.05. The van der Waals surface area contributed by atoms with Crippen molar-refractivity contribution < 1.29 is 0 Å². The highest BCUT2D eigenvalue weighted by Gasteiger charge is 2.16. The molecule has 54 valence electrons. The fourth-order valence-electron chi connectivity index (χ4n) is 1.15. The Morgan fingerprint density at radius 1 is 1.55 bits per heavy atom. The Morgan fingerprint density at radius 2 is 2.45 bits per heavy atom. The van der Waals surface area contributed by atoms with Gasteiger partial charge in [-0.1, -0.05) is 0 Å². The quantitative estimate of drug-likeness (QED) is 0.544. The molecule has 1 atom stereocenters. The van der Waals surface area contributed by atoms with Crippen LogP contribution in [0.15, 0.2) is 36.3 Å². The number of nitrogens with one attached hydrogen (secondary N) is 1. The van der Waals surface area contributed by atoms with Crippen molar-refractivity contribution in [1.82, 2.24) is 10.2 Å². The Hall–Kier alpha value is -1.69. The summed E-state index contributed by atoms with van der Waals surface area (Å²) in [5.74, 6) is 0. The molecule has 2 aliphatic heterocycles. The summed E-state index contributed by atoms with van der Waals surface area (Å²) in [6, 6.07) is 2.10. The summed E-state index contributed by atoms with van der Waals surface area (Å²) in [6.07, 6.45) is 9.53. The van der Waals surface area contributed by atoms with Crippen LogP contribution < -0.4 is 5.32 Å². The number of nitriles is 1. The first-order valence-corrected chi connectivity index (χ1v) is 3.40. The minimum atomic E-state index is 0.148. The van der Waals surface area contributed by atoms with Gasteiger partial charge in [0.2, 0.25) is 0 Å². The van der Waals surface area contributed by atoms with Crippen molar-refractivity contribution in [1.29, 1.82) is 5.26 Å². The lowest BCUT2D eigenvalue weighted by Crippen LogP contribution is -2.31. The molecule has 3 nitrogen and oxygen atoms in total. The Bertz CT molecular complexity index is 293. The molecule has 0 amide bonds. The van der Waals surface area contributed by atoms with Gasteiger partial charge in [0.1, 0.15) is 6.17 Å². The summed E-state index contributed by atoms with van der Waals surface area (Å²) in [5.41, 5.74) is 0.711. The zero-order valence-electron chi connectivity index (χ0n) is 5.86. The molecular weight excluding hydrogens is 138 g/mol. The van der Waals surface area contributed by atoms with Crippen molar-refractivity contribution in [2.75, 3.05) is 0 Å². The Morgan fingerprint density at radius 3 is 3.27 bits per heavy atom. The fourth-order valence-corrected chi connectivity index (χ4v) is 1.15. The zero-order chi connectivity index (χ0) is 7.68. The lowest BCUT2D eigenvalue weighted by atomic mass is 10.2. The van der Waals surface area contributed by atoms with Crippen LogP contribution in [0.2, 0.25) is 0 Å². The van der Waals surface area contributed by atoms with E-state index in [-0.39, 0.29) is 6.17 Å². The number of hydrogen-bond acceptors (Lipinski definition) is 3. The van der Waals surface area contributed by atoms with Crippen LogP contribution in [-0.2, 0) is 0 Å². The van der Waals surface area contributed by atoms with Gasteiger partial charge in [-0.3, -0.25) is 0 Å². The second-order valence-corrected chi connectivity index (χ2v) is 2.42. The van der Waals surface area contributed by atoms with E-state index in [4.69, 9.17) is 5.26 Å². The predicted molar refractivity (Wildman–Crippen MR) is 40.7 cm³/mol. The van der Waals surface area contributed by atoms with Gasteiger partial charge in [-0.15, -0.1) is 0 Å². The molecule has 0 fully saturated rings. The third kappa shape index (κ3) is 0.887. The number of rotatable bonds is 0. The van der Waals surface area contributed by atoms with Crippen molar-refractivity contribution in [3.63, 3.8) is 0 Å². The molecule has 2 rings (SSSR count). The van der Waals surface area contributed by atoms with E-state index in [2.05, 4.69) is 11.4 Å². The van der Waals surface area contributed by atoms with E-state index in [1.807, 2.05) is 29.6 Å². The molecule has 0 saturated heterocycles. The van der Waals surface area contributed by atoms with Crippen LogP contribution in [0.4, 0.5) is 0 Å². The Kier molecular flexibility index (Phi) is 1.19. The first-order chi connectivity index (χ1) is 5.40. The topological polar surface area (TPSA) is 39.1 Å². The monoisotopic (exact) mass is 145 g/mol. The molecule has 3 heteroatoms. The van der Waals surface area contributed by atoms with Gasteiger partial charge >= 0.3 is 0 Å². The maximum absolute atomic E-state index is 8.57. The van der Waals surface area contributed by atoms with Crippen LogP contribution >= 0.6 is 0 Å². The van der Waals surface area contributed by atoms with Gasteiger partial charge in [0.15, 0.2) is 0 Å². The average Bonchev–Trinajstić information content (AvgIpc) is 2.50. The molecule has 2 heterocycles. The first-order valence-electron chi connectivity index (χ1n) is 3.40. The molecule has 2 aliphatic rings. The summed E-state index contributed by atoms with van der Waals surface area (Å²) >= 11 is 0. The van der Waals surface area contributed by atoms with Gasteiger partial charge in [-0.05, 0) is 12.2 Å². The van der Waals surface area contributed by atoms with Gasteiger partial charge in [0.05, 0.1) is 11.6 Å². The summed E-state index contributed by atoms with van der Waals surface area (Å²) in [6.45, 7) is 0. The molecule has 1 unspecified atom stereocenters. The number of allylic oxidation sites excluding steroid dienone is 2. The highest BCUT2D eigenvalue weighted by atomic mass is 15.3. The molecule has 0 aliphatic carbocycles. The smallest absolute Gasteiger partial charge is 0.123 e. The SMILES string of the molecule is N#CC1=CC2NC=CN2C=C1. The fraction of sp³-hybridized carbons (Fsp3) is 0.125. The largest absolute Gasteiger partial charge is 0.366 e. The third-order valence-electron chi connectivity index (χ3n) is 1.73. The van der Waals surface area contributed by atoms with Crippen LogP contribution in [0.5, 0.6) is 0 Å².